The largest absolute Gasteiger partial charge is 0.260 e. The molecule has 0 atom stereocenters. The van der Waals surface area contributed by atoms with Crippen molar-refractivity contribution < 1.29 is 0 Å². The lowest BCUT2D eigenvalue weighted by Gasteiger charge is -2.31. The van der Waals surface area contributed by atoms with Crippen molar-refractivity contribution in [1.82, 2.24) is 9.97 Å². The van der Waals surface area contributed by atoms with E-state index in [0.29, 0.717) is 0 Å². The van der Waals surface area contributed by atoms with Crippen molar-refractivity contribution in [2.24, 2.45) is 0 Å². The molecule has 1 aliphatic rings. The zero-order valence-electron chi connectivity index (χ0n) is 15.5. The molecule has 0 radical (unpaired) electrons. The van der Waals surface area contributed by atoms with Gasteiger partial charge in [-0.2, -0.15) is 0 Å². The van der Waals surface area contributed by atoms with E-state index >= 15 is 0 Å². The first-order valence-electron chi connectivity index (χ1n) is 9.27. The highest BCUT2D eigenvalue weighted by Gasteiger charge is 2.48. The van der Waals surface area contributed by atoms with Crippen molar-refractivity contribution >= 4 is 0 Å². The fraction of sp³-hybridized carbons (Fsp3) is 0.120. The molecule has 0 amide bonds. The summed E-state index contributed by atoms with van der Waals surface area (Å²) >= 11 is 0. The monoisotopic (exact) mass is 348 g/mol. The van der Waals surface area contributed by atoms with Crippen LogP contribution in [0, 0.1) is 13.8 Å². The minimum absolute atomic E-state index is 0.495. The zero-order valence-corrected chi connectivity index (χ0v) is 15.5. The molecule has 0 saturated heterocycles. The highest BCUT2D eigenvalue weighted by molar-refractivity contribution is 5.85. The molecule has 5 rings (SSSR count). The van der Waals surface area contributed by atoms with Crippen molar-refractivity contribution in [2.75, 3.05) is 0 Å². The van der Waals surface area contributed by atoms with Crippen LogP contribution in [-0.4, -0.2) is 9.97 Å². The molecule has 27 heavy (non-hydrogen) atoms. The van der Waals surface area contributed by atoms with Gasteiger partial charge in [0.1, 0.15) is 5.41 Å². The Hall–Kier alpha value is -3.26. The Balaban J connectivity index is 2.00. The second-order valence-corrected chi connectivity index (χ2v) is 7.28. The first kappa shape index (κ1) is 16.0. The Bertz CT molecular complexity index is 1040. The van der Waals surface area contributed by atoms with E-state index in [9.17, 15) is 0 Å². The fourth-order valence-electron chi connectivity index (χ4n) is 4.40. The molecule has 2 aromatic heterocycles. The lowest BCUT2D eigenvalue weighted by atomic mass is 9.71. The molecule has 0 N–H and O–H groups in total. The van der Waals surface area contributed by atoms with Crippen LogP contribution in [0.5, 0.6) is 0 Å². The molecule has 1 aliphatic carbocycles. The molecule has 2 nitrogen and oxygen atoms in total. The predicted octanol–water partition coefficient (Wildman–Crippen LogP) is 5.46. The molecule has 130 valence electrons. The van der Waals surface area contributed by atoms with Crippen LogP contribution in [0.3, 0.4) is 0 Å². The van der Waals surface area contributed by atoms with Crippen molar-refractivity contribution in [2.45, 2.75) is 19.3 Å². The lowest BCUT2D eigenvalue weighted by Crippen LogP contribution is -2.31. The Labute approximate surface area is 159 Å². The van der Waals surface area contributed by atoms with Gasteiger partial charge in [-0.3, -0.25) is 9.97 Å². The molecular weight excluding hydrogens is 328 g/mol. The minimum atomic E-state index is -0.495. The average Bonchev–Trinajstić information content (AvgIpc) is 2.99. The van der Waals surface area contributed by atoms with Crippen LogP contribution in [0.4, 0.5) is 0 Å². The number of pyridine rings is 2. The zero-order chi connectivity index (χ0) is 18.4. The van der Waals surface area contributed by atoms with Crippen LogP contribution in [0.25, 0.3) is 11.1 Å². The topological polar surface area (TPSA) is 25.8 Å². The first-order valence-corrected chi connectivity index (χ1v) is 9.27. The summed E-state index contributed by atoms with van der Waals surface area (Å²) in [5, 5.41) is 0. The van der Waals surface area contributed by atoms with Gasteiger partial charge in [0.25, 0.3) is 0 Å². The Morgan fingerprint density at radius 3 is 1.48 bits per heavy atom. The Morgan fingerprint density at radius 2 is 1.07 bits per heavy atom. The first-order chi connectivity index (χ1) is 13.2. The van der Waals surface area contributed by atoms with Gasteiger partial charge < -0.3 is 0 Å². The number of rotatable bonds is 2. The maximum atomic E-state index is 4.83. The summed E-state index contributed by atoms with van der Waals surface area (Å²) in [6, 6.07) is 25.8. The summed E-state index contributed by atoms with van der Waals surface area (Å²) in [7, 11) is 0. The molecule has 0 aliphatic heterocycles. The molecule has 2 aromatic carbocycles. The second kappa shape index (κ2) is 5.88. The van der Waals surface area contributed by atoms with Crippen LogP contribution in [0.1, 0.15) is 33.6 Å². The smallest absolute Gasteiger partial charge is 0.106 e. The van der Waals surface area contributed by atoms with E-state index < -0.39 is 5.41 Å². The van der Waals surface area contributed by atoms with E-state index in [1.54, 1.807) is 0 Å². The summed E-state index contributed by atoms with van der Waals surface area (Å²) < 4.78 is 0. The normalized spacial score (nSPS) is 13.9. The SMILES string of the molecule is Cc1ccc2c(c1)C(c1ccccn1)(c1ccccn1)c1cc(C)ccc1-2. The van der Waals surface area contributed by atoms with E-state index in [2.05, 4.69) is 74.5 Å². The third kappa shape index (κ3) is 2.20. The number of aryl methyl sites for hydroxylation is 2. The number of fused-ring (bicyclic) bond motifs is 3. The molecule has 4 aromatic rings. The summed E-state index contributed by atoms with van der Waals surface area (Å²) in [4.78, 5) is 9.65. The third-order valence-electron chi connectivity index (χ3n) is 5.55. The number of benzene rings is 2. The maximum absolute atomic E-state index is 4.83. The van der Waals surface area contributed by atoms with Crippen LogP contribution >= 0.6 is 0 Å². The summed E-state index contributed by atoms with van der Waals surface area (Å²) in [6.45, 7) is 4.30. The Kier molecular flexibility index (Phi) is 3.48. The predicted molar refractivity (Wildman–Crippen MR) is 109 cm³/mol. The number of hydrogen-bond acceptors (Lipinski definition) is 2. The highest BCUT2D eigenvalue weighted by Crippen LogP contribution is 2.55. The fourth-order valence-corrected chi connectivity index (χ4v) is 4.40. The van der Waals surface area contributed by atoms with E-state index in [0.717, 1.165) is 11.4 Å². The molecule has 0 saturated carbocycles. The van der Waals surface area contributed by atoms with Gasteiger partial charge in [0, 0.05) is 12.4 Å². The van der Waals surface area contributed by atoms with E-state index in [1.165, 1.54) is 33.4 Å². The van der Waals surface area contributed by atoms with E-state index in [-0.39, 0.29) is 0 Å². The molecule has 0 bridgehead atoms. The molecule has 0 fully saturated rings. The summed E-state index contributed by atoms with van der Waals surface area (Å²) in [5.41, 5.74) is 9.09. The summed E-state index contributed by atoms with van der Waals surface area (Å²) in [6.07, 6.45) is 3.76. The van der Waals surface area contributed by atoms with Crippen LogP contribution in [0.2, 0.25) is 0 Å². The molecular formula is C25H20N2. The van der Waals surface area contributed by atoms with Gasteiger partial charge in [-0.15, -0.1) is 0 Å². The van der Waals surface area contributed by atoms with Crippen LogP contribution in [0.15, 0.2) is 85.2 Å². The van der Waals surface area contributed by atoms with Gasteiger partial charge in [0.2, 0.25) is 0 Å². The van der Waals surface area contributed by atoms with Gasteiger partial charge in [0.05, 0.1) is 11.4 Å². The second-order valence-electron chi connectivity index (χ2n) is 7.28. The molecule has 2 heterocycles. The standard InChI is InChI=1S/C25H20N2/c1-17-9-11-19-20-12-10-18(2)16-22(20)25(21(19)15-17,23-7-3-5-13-26-23)24-8-4-6-14-27-24/h3-16H,1-2H3. The van der Waals surface area contributed by atoms with Crippen molar-refractivity contribution in [3.05, 3.63) is 119 Å². The third-order valence-corrected chi connectivity index (χ3v) is 5.55. The number of nitrogens with zero attached hydrogens (tertiary/aromatic N) is 2. The van der Waals surface area contributed by atoms with E-state index in [1.807, 2.05) is 24.5 Å². The van der Waals surface area contributed by atoms with Gasteiger partial charge in [-0.05, 0) is 60.4 Å². The van der Waals surface area contributed by atoms with Gasteiger partial charge in [0.15, 0.2) is 0 Å². The Morgan fingerprint density at radius 1 is 0.593 bits per heavy atom. The molecule has 0 unspecified atom stereocenters. The van der Waals surface area contributed by atoms with E-state index in [4.69, 9.17) is 9.97 Å². The maximum Gasteiger partial charge on any atom is 0.106 e. The molecule has 0 spiro atoms. The van der Waals surface area contributed by atoms with Crippen LogP contribution in [-0.2, 0) is 5.41 Å². The minimum Gasteiger partial charge on any atom is -0.260 e. The van der Waals surface area contributed by atoms with Crippen LogP contribution < -0.4 is 0 Å². The van der Waals surface area contributed by atoms with Gasteiger partial charge in [-0.25, -0.2) is 0 Å². The van der Waals surface area contributed by atoms with Crippen molar-refractivity contribution in [1.29, 1.82) is 0 Å². The highest BCUT2D eigenvalue weighted by atomic mass is 14.8. The summed E-state index contributed by atoms with van der Waals surface area (Å²) in [5.74, 6) is 0. The quantitative estimate of drug-likeness (QED) is 0.423. The molecule has 2 heteroatoms. The average molecular weight is 348 g/mol. The van der Waals surface area contributed by atoms with Gasteiger partial charge in [-0.1, -0.05) is 59.7 Å². The van der Waals surface area contributed by atoms with Crippen molar-refractivity contribution in [3.8, 4) is 11.1 Å². The lowest BCUT2D eigenvalue weighted by molar-refractivity contribution is 0.704. The van der Waals surface area contributed by atoms with Gasteiger partial charge >= 0.3 is 0 Å². The number of hydrogen-bond donors (Lipinski definition) is 0. The number of aromatic nitrogens is 2. The van der Waals surface area contributed by atoms with Crippen molar-refractivity contribution in [3.63, 3.8) is 0 Å².